The van der Waals surface area contributed by atoms with Gasteiger partial charge < -0.3 is 14.2 Å². The zero-order valence-corrected chi connectivity index (χ0v) is 18.7. The Bertz CT molecular complexity index is 1040. The Kier molecular flexibility index (Phi) is 6.04. The minimum atomic E-state index is -0.429. The third kappa shape index (κ3) is 4.67. The van der Waals surface area contributed by atoms with Crippen LogP contribution in [-0.2, 0) is 9.47 Å². The normalized spacial score (nSPS) is 20.1. The van der Waals surface area contributed by atoms with Gasteiger partial charge >= 0.3 is 0 Å². The van der Waals surface area contributed by atoms with Crippen LogP contribution in [0.4, 0.5) is 5.13 Å². The van der Waals surface area contributed by atoms with Crippen molar-refractivity contribution in [1.29, 1.82) is 0 Å². The Balaban J connectivity index is 1.23. The van der Waals surface area contributed by atoms with Crippen molar-refractivity contribution in [1.82, 2.24) is 19.3 Å². The summed E-state index contributed by atoms with van der Waals surface area (Å²) >= 11 is 2.63. The number of hydrogen-bond donors (Lipinski definition) is 1. The monoisotopic (exact) mass is 457 g/mol. The fraction of sp³-hybridized carbons (Fsp3) is 0.429. The molecule has 4 heterocycles. The van der Waals surface area contributed by atoms with E-state index in [2.05, 4.69) is 24.0 Å². The van der Waals surface area contributed by atoms with Crippen LogP contribution >= 0.6 is 23.5 Å². The summed E-state index contributed by atoms with van der Waals surface area (Å²) in [5, 5.41) is 1.38. The third-order valence-corrected chi connectivity index (χ3v) is 6.92. The minimum absolute atomic E-state index is 0.211. The van der Waals surface area contributed by atoms with Gasteiger partial charge in [-0.05, 0) is 44.0 Å². The van der Waals surface area contributed by atoms with Crippen LogP contribution in [0.2, 0.25) is 0 Å². The van der Waals surface area contributed by atoms with Gasteiger partial charge in [0.15, 0.2) is 22.4 Å². The highest BCUT2D eigenvalue weighted by Crippen LogP contribution is 2.42. The van der Waals surface area contributed by atoms with Crippen LogP contribution in [-0.4, -0.2) is 31.7 Å². The van der Waals surface area contributed by atoms with Crippen molar-refractivity contribution in [3.63, 3.8) is 0 Å². The number of aryl methyl sites for hydroxylation is 1. The van der Waals surface area contributed by atoms with E-state index < -0.39 is 5.79 Å². The first-order chi connectivity index (χ1) is 15.2. The second-order valence-corrected chi connectivity index (χ2v) is 9.09. The molecule has 1 aliphatic carbocycles. The van der Waals surface area contributed by atoms with Crippen molar-refractivity contribution in [3.05, 3.63) is 48.2 Å². The maximum atomic E-state index is 6.24. The number of anilines is 1. The van der Waals surface area contributed by atoms with Crippen molar-refractivity contribution < 1.29 is 14.2 Å². The van der Waals surface area contributed by atoms with Crippen LogP contribution in [0.5, 0.6) is 11.5 Å². The fourth-order valence-electron chi connectivity index (χ4n) is 3.76. The number of pyridine rings is 2. The maximum Gasteiger partial charge on any atom is 0.213 e. The molecule has 0 aromatic carbocycles. The summed E-state index contributed by atoms with van der Waals surface area (Å²) in [6.45, 7) is 2.41. The molecule has 1 saturated heterocycles. The van der Waals surface area contributed by atoms with Gasteiger partial charge in [-0.2, -0.15) is 9.36 Å². The van der Waals surface area contributed by atoms with Gasteiger partial charge in [0.1, 0.15) is 11.9 Å². The summed E-state index contributed by atoms with van der Waals surface area (Å²) in [7, 11) is 0. The lowest BCUT2D eigenvalue weighted by Gasteiger charge is -2.31. The standard InChI is InChI=1S/C21H23N5O3S2/c1-14-15(7-5-11-22-14)28-16-8-6-12-23-19(16)30-26-20-24-18(25-31-20)17-13-27-21(29-17)9-3-2-4-10-21/h5-8,11-12,17H,2-4,9-10,13H2,1H3,(H,24,25,26). The first-order valence-corrected chi connectivity index (χ1v) is 11.9. The molecule has 2 fully saturated rings. The lowest BCUT2D eigenvalue weighted by atomic mass is 9.94. The molecular weight excluding hydrogens is 434 g/mol. The highest BCUT2D eigenvalue weighted by atomic mass is 32.2. The SMILES string of the molecule is Cc1ncccc1Oc1cccnc1SNc1nc(C2COC3(CCCCC3)O2)ns1. The molecule has 1 spiro atoms. The highest BCUT2D eigenvalue weighted by molar-refractivity contribution is 8.00. The summed E-state index contributed by atoms with van der Waals surface area (Å²) in [5.74, 6) is 1.58. The average molecular weight is 458 g/mol. The van der Waals surface area contributed by atoms with E-state index in [9.17, 15) is 0 Å². The zero-order valence-electron chi connectivity index (χ0n) is 17.1. The van der Waals surface area contributed by atoms with Crippen molar-refractivity contribution in [2.45, 2.75) is 55.9 Å². The Morgan fingerprint density at radius 2 is 1.94 bits per heavy atom. The minimum Gasteiger partial charge on any atom is -0.453 e. The largest absolute Gasteiger partial charge is 0.453 e. The smallest absolute Gasteiger partial charge is 0.213 e. The highest BCUT2D eigenvalue weighted by Gasteiger charge is 2.44. The molecule has 1 saturated carbocycles. The average Bonchev–Trinajstić information content (AvgIpc) is 3.43. The van der Waals surface area contributed by atoms with E-state index in [1.54, 1.807) is 12.4 Å². The van der Waals surface area contributed by atoms with Gasteiger partial charge in [0.05, 0.1) is 12.3 Å². The molecule has 3 aromatic rings. The molecule has 10 heteroatoms. The number of ether oxygens (including phenoxy) is 3. The van der Waals surface area contributed by atoms with Gasteiger partial charge in [0, 0.05) is 48.7 Å². The van der Waals surface area contributed by atoms with Gasteiger partial charge in [-0.15, -0.1) is 0 Å². The van der Waals surface area contributed by atoms with Crippen LogP contribution in [0.15, 0.2) is 41.7 Å². The van der Waals surface area contributed by atoms with Crippen LogP contribution < -0.4 is 9.46 Å². The number of hydrogen-bond acceptors (Lipinski definition) is 10. The molecule has 3 aromatic heterocycles. The van der Waals surface area contributed by atoms with Gasteiger partial charge in [-0.1, -0.05) is 6.42 Å². The van der Waals surface area contributed by atoms with Gasteiger partial charge in [0.25, 0.3) is 0 Å². The molecule has 2 aliphatic rings. The molecule has 0 amide bonds. The van der Waals surface area contributed by atoms with Crippen LogP contribution in [0.25, 0.3) is 0 Å². The predicted molar refractivity (Wildman–Crippen MR) is 118 cm³/mol. The molecule has 1 aliphatic heterocycles. The molecule has 1 unspecified atom stereocenters. The summed E-state index contributed by atoms with van der Waals surface area (Å²) in [4.78, 5) is 13.3. The van der Waals surface area contributed by atoms with Crippen molar-refractivity contribution in [3.8, 4) is 11.5 Å². The molecular formula is C21H23N5O3S2. The predicted octanol–water partition coefficient (Wildman–Crippen LogP) is 5.30. The summed E-state index contributed by atoms with van der Waals surface area (Å²) in [5.41, 5.74) is 0.818. The second kappa shape index (κ2) is 9.07. The molecule has 8 nitrogen and oxygen atoms in total. The number of rotatable bonds is 6. The number of aromatic nitrogens is 4. The van der Waals surface area contributed by atoms with E-state index in [1.165, 1.54) is 29.9 Å². The fourth-order valence-corrected chi connectivity index (χ4v) is 5.06. The summed E-state index contributed by atoms with van der Waals surface area (Å²) in [6.07, 6.45) is 8.70. The molecule has 0 bridgehead atoms. The maximum absolute atomic E-state index is 6.24. The van der Waals surface area contributed by atoms with Crippen molar-refractivity contribution in [2.24, 2.45) is 0 Å². The molecule has 162 valence electrons. The summed E-state index contributed by atoms with van der Waals surface area (Å²) < 4.78 is 26.0. The van der Waals surface area contributed by atoms with E-state index >= 15 is 0 Å². The summed E-state index contributed by atoms with van der Waals surface area (Å²) in [6, 6.07) is 7.45. The topological polar surface area (TPSA) is 91.3 Å². The molecule has 1 atom stereocenters. The Hall–Kier alpha value is -2.27. The van der Waals surface area contributed by atoms with Gasteiger partial charge in [-0.25, -0.2) is 4.98 Å². The Labute approximate surface area is 189 Å². The van der Waals surface area contributed by atoms with E-state index in [0.29, 0.717) is 34.1 Å². The van der Waals surface area contributed by atoms with Gasteiger partial charge in [0.2, 0.25) is 5.13 Å². The van der Waals surface area contributed by atoms with E-state index in [-0.39, 0.29) is 6.10 Å². The van der Waals surface area contributed by atoms with Crippen LogP contribution in [0.3, 0.4) is 0 Å². The number of nitrogens with one attached hydrogen (secondary N) is 1. The zero-order chi connectivity index (χ0) is 21.1. The van der Waals surface area contributed by atoms with Crippen LogP contribution in [0.1, 0.15) is 49.7 Å². The number of nitrogens with zero attached hydrogens (tertiary/aromatic N) is 4. The second-order valence-electron chi connectivity index (χ2n) is 7.55. The molecule has 5 rings (SSSR count). The van der Waals surface area contributed by atoms with Crippen LogP contribution in [0, 0.1) is 6.92 Å². The van der Waals surface area contributed by atoms with E-state index in [1.807, 2.05) is 31.2 Å². The Morgan fingerprint density at radius 1 is 1.13 bits per heavy atom. The lowest BCUT2D eigenvalue weighted by molar-refractivity contribution is -0.188. The molecule has 0 radical (unpaired) electrons. The first kappa shape index (κ1) is 20.6. The van der Waals surface area contributed by atoms with E-state index in [0.717, 1.165) is 31.4 Å². The van der Waals surface area contributed by atoms with Crippen molar-refractivity contribution >= 4 is 28.6 Å². The van der Waals surface area contributed by atoms with Gasteiger partial charge in [-0.3, -0.25) is 9.71 Å². The molecule has 31 heavy (non-hydrogen) atoms. The quantitative estimate of drug-likeness (QED) is 0.495. The van der Waals surface area contributed by atoms with E-state index in [4.69, 9.17) is 14.2 Å². The first-order valence-electron chi connectivity index (χ1n) is 10.3. The third-order valence-electron chi connectivity index (χ3n) is 5.35. The Morgan fingerprint density at radius 3 is 2.77 bits per heavy atom. The molecule has 1 N–H and O–H groups in total. The lowest BCUT2D eigenvalue weighted by Crippen LogP contribution is -2.32. The van der Waals surface area contributed by atoms with Crippen molar-refractivity contribution in [2.75, 3.05) is 11.3 Å².